The maximum atomic E-state index is 11.8. The molecule has 0 radical (unpaired) electrons. The topological polar surface area (TPSA) is 83.5 Å². The molecule has 1 amide bonds. The molecule has 6 heteroatoms. The summed E-state index contributed by atoms with van der Waals surface area (Å²) in [5.74, 6) is 1.89. The van der Waals surface area contributed by atoms with Gasteiger partial charge in [-0.15, -0.1) is 6.42 Å². The molecule has 0 bridgehead atoms. The van der Waals surface area contributed by atoms with Crippen LogP contribution in [0, 0.1) is 12.3 Å². The molecule has 0 aliphatic rings. The van der Waals surface area contributed by atoms with Crippen molar-refractivity contribution in [1.29, 1.82) is 0 Å². The van der Waals surface area contributed by atoms with E-state index in [-0.39, 0.29) is 4.90 Å². The molecule has 1 rings (SSSR count). The van der Waals surface area contributed by atoms with E-state index in [1.165, 1.54) is 24.3 Å². The van der Waals surface area contributed by atoms with E-state index in [1.54, 1.807) is 11.4 Å². The van der Waals surface area contributed by atoms with Crippen LogP contribution in [0.2, 0.25) is 0 Å². The number of carboxylic acid groups (broad SMARTS) is 1. The zero-order chi connectivity index (χ0) is 12.2. The SMILES string of the molecule is C#CC(NC(=O)O)S(=O)(=O)c1ccccc1. The summed E-state index contributed by atoms with van der Waals surface area (Å²) in [5.41, 5.74) is 0. The summed E-state index contributed by atoms with van der Waals surface area (Å²) in [7, 11) is -3.87. The van der Waals surface area contributed by atoms with E-state index < -0.39 is 21.3 Å². The third kappa shape index (κ3) is 2.52. The second-order valence-electron chi connectivity index (χ2n) is 2.85. The van der Waals surface area contributed by atoms with Crippen LogP contribution in [-0.4, -0.2) is 25.0 Å². The Balaban J connectivity index is 3.11. The van der Waals surface area contributed by atoms with Crippen molar-refractivity contribution < 1.29 is 18.3 Å². The van der Waals surface area contributed by atoms with Gasteiger partial charge in [-0.3, -0.25) is 5.32 Å². The van der Waals surface area contributed by atoms with Crippen molar-refractivity contribution in [2.24, 2.45) is 0 Å². The highest BCUT2D eigenvalue weighted by Gasteiger charge is 2.26. The van der Waals surface area contributed by atoms with Crippen molar-refractivity contribution in [3.63, 3.8) is 0 Å². The van der Waals surface area contributed by atoms with E-state index in [9.17, 15) is 13.2 Å². The van der Waals surface area contributed by atoms with Crippen LogP contribution in [0.5, 0.6) is 0 Å². The van der Waals surface area contributed by atoms with Gasteiger partial charge in [0.05, 0.1) is 4.90 Å². The van der Waals surface area contributed by atoms with Crippen LogP contribution in [-0.2, 0) is 9.84 Å². The van der Waals surface area contributed by atoms with E-state index in [4.69, 9.17) is 11.5 Å². The lowest BCUT2D eigenvalue weighted by Crippen LogP contribution is -2.38. The lowest BCUT2D eigenvalue weighted by molar-refractivity contribution is 0.194. The normalized spacial score (nSPS) is 12.4. The van der Waals surface area contributed by atoms with Crippen LogP contribution in [0.1, 0.15) is 0 Å². The second kappa shape index (κ2) is 4.68. The van der Waals surface area contributed by atoms with Gasteiger partial charge in [0.1, 0.15) is 0 Å². The Hall–Kier alpha value is -2.00. The van der Waals surface area contributed by atoms with Crippen molar-refractivity contribution in [2.45, 2.75) is 10.3 Å². The van der Waals surface area contributed by atoms with Crippen LogP contribution in [0.15, 0.2) is 35.2 Å². The van der Waals surface area contributed by atoms with Gasteiger partial charge >= 0.3 is 6.09 Å². The average Bonchev–Trinajstić information content (AvgIpc) is 2.26. The van der Waals surface area contributed by atoms with Crippen LogP contribution >= 0.6 is 0 Å². The Kier molecular flexibility index (Phi) is 3.53. The highest BCUT2D eigenvalue weighted by Crippen LogP contribution is 2.13. The molecule has 0 heterocycles. The fourth-order valence-electron chi connectivity index (χ4n) is 1.07. The van der Waals surface area contributed by atoms with E-state index in [2.05, 4.69) is 0 Å². The number of nitrogens with one attached hydrogen (secondary N) is 1. The number of terminal acetylenes is 1. The van der Waals surface area contributed by atoms with Crippen molar-refractivity contribution in [1.82, 2.24) is 5.32 Å². The quantitative estimate of drug-likeness (QED) is 0.760. The van der Waals surface area contributed by atoms with Gasteiger partial charge in [-0.2, -0.15) is 0 Å². The van der Waals surface area contributed by atoms with E-state index in [1.807, 2.05) is 5.92 Å². The van der Waals surface area contributed by atoms with Crippen LogP contribution < -0.4 is 5.32 Å². The van der Waals surface area contributed by atoms with Crippen LogP contribution in [0.3, 0.4) is 0 Å². The molecule has 0 fully saturated rings. The third-order valence-corrected chi connectivity index (χ3v) is 3.59. The first-order chi connectivity index (χ1) is 7.48. The summed E-state index contributed by atoms with van der Waals surface area (Å²) >= 11 is 0. The molecule has 1 atom stereocenters. The Morgan fingerprint density at radius 2 is 1.94 bits per heavy atom. The van der Waals surface area contributed by atoms with Gasteiger partial charge in [0.2, 0.25) is 9.84 Å². The van der Waals surface area contributed by atoms with Gasteiger partial charge in [-0.05, 0) is 12.1 Å². The minimum absolute atomic E-state index is 0.0216. The smallest absolute Gasteiger partial charge is 0.406 e. The Labute approximate surface area is 93.0 Å². The Morgan fingerprint density at radius 1 is 1.38 bits per heavy atom. The predicted octanol–water partition coefficient (Wildman–Crippen LogP) is 0.687. The van der Waals surface area contributed by atoms with Crippen LogP contribution in [0.25, 0.3) is 0 Å². The molecule has 2 N–H and O–H groups in total. The monoisotopic (exact) mass is 239 g/mol. The number of hydrogen-bond donors (Lipinski definition) is 2. The maximum Gasteiger partial charge on any atom is 0.406 e. The highest BCUT2D eigenvalue weighted by atomic mass is 32.2. The first kappa shape index (κ1) is 12.1. The zero-order valence-electron chi connectivity index (χ0n) is 8.12. The van der Waals surface area contributed by atoms with Crippen molar-refractivity contribution in [3.8, 4) is 12.3 Å². The summed E-state index contributed by atoms with van der Waals surface area (Å²) < 4.78 is 23.7. The number of amides is 1. The van der Waals surface area contributed by atoms with Gasteiger partial charge in [-0.25, -0.2) is 13.2 Å². The average molecular weight is 239 g/mol. The fraction of sp³-hybridized carbons (Fsp3) is 0.100. The maximum absolute atomic E-state index is 11.8. The van der Waals surface area contributed by atoms with Crippen molar-refractivity contribution >= 4 is 15.9 Å². The van der Waals surface area contributed by atoms with Gasteiger partial charge in [0, 0.05) is 0 Å². The van der Waals surface area contributed by atoms with E-state index in [0.717, 1.165) is 0 Å². The van der Waals surface area contributed by atoms with Gasteiger partial charge < -0.3 is 5.11 Å². The molecule has 1 aromatic rings. The predicted molar refractivity (Wildman–Crippen MR) is 57.4 cm³/mol. The zero-order valence-corrected chi connectivity index (χ0v) is 8.94. The summed E-state index contributed by atoms with van der Waals surface area (Å²) in [6.45, 7) is 0. The summed E-state index contributed by atoms with van der Waals surface area (Å²) in [4.78, 5) is 10.4. The highest BCUT2D eigenvalue weighted by molar-refractivity contribution is 7.92. The molecular formula is C10H9NO4S. The van der Waals surface area contributed by atoms with Crippen molar-refractivity contribution in [2.75, 3.05) is 0 Å². The molecule has 1 aromatic carbocycles. The molecule has 5 nitrogen and oxygen atoms in total. The number of sulfone groups is 1. The number of carbonyl (C=O) groups is 1. The molecule has 0 saturated heterocycles. The van der Waals surface area contributed by atoms with Crippen LogP contribution in [0.4, 0.5) is 4.79 Å². The van der Waals surface area contributed by atoms with Gasteiger partial charge in [0.15, 0.2) is 5.37 Å². The summed E-state index contributed by atoms with van der Waals surface area (Å²) in [6.07, 6.45) is 3.51. The fourth-order valence-corrected chi connectivity index (χ4v) is 2.31. The minimum atomic E-state index is -3.87. The standard InChI is InChI=1S/C10H9NO4S/c1-2-9(11-10(12)13)16(14,15)8-6-4-3-5-7-8/h1,3-7,9,11H,(H,12,13). The molecule has 84 valence electrons. The molecule has 1 unspecified atom stereocenters. The lowest BCUT2D eigenvalue weighted by Gasteiger charge is -2.11. The summed E-state index contributed by atoms with van der Waals surface area (Å²) in [6, 6.07) is 7.41. The molecule has 16 heavy (non-hydrogen) atoms. The van der Waals surface area contributed by atoms with Gasteiger partial charge in [-0.1, -0.05) is 24.1 Å². The summed E-state index contributed by atoms with van der Waals surface area (Å²) in [5, 5.41) is 8.64. The number of benzene rings is 1. The lowest BCUT2D eigenvalue weighted by atomic mass is 10.4. The minimum Gasteiger partial charge on any atom is -0.465 e. The Bertz CT molecular complexity index is 516. The molecular weight excluding hydrogens is 230 g/mol. The van der Waals surface area contributed by atoms with E-state index >= 15 is 0 Å². The first-order valence-corrected chi connectivity index (χ1v) is 5.77. The molecule has 0 aromatic heterocycles. The molecule has 0 aliphatic carbocycles. The number of rotatable bonds is 3. The second-order valence-corrected chi connectivity index (χ2v) is 4.89. The van der Waals surface area contributed by atoms with Crippen molar-refractivity contribution in [3.05, 3.63) is 30.3 Å². The van der Waals surface area contributed by atoms with Gasteiger partial charge in [0.25, 0.3) is 0 Å². The number of hydrogen-bond acceptors (Lipinski definition) is 3. The Morgan fingerprint density at radius 3 is 2.38 bits per heavy atom. The van der Waals surface area contributed by atoms with E-state index in [0.29, 0.717) is 0 Å². The third-order valence-electron chi connectivity index (χ3n) is 1.79. The molecule has 0 spiro atoms. The molecule has 0 saturated carbocycles. The largest absolute Gasteiger partial charge is 0.465 e. The molecule has 0 aliphatic heterocycles. The first-order valence-electron chi connectivity index (χ1n) is 4.23.